The molecule has 26 heavy (non-hydrogen) atoms. The lowest BCUT2D eigenvalue weighted by molar-refractivity contribution is 0.630. The van der Waals surface area contributed by atoms with Crippen molar-refractivity contribution in [3.63, 3.8) is 0 Å². The maximum Gasteiger partial charge on any atom is 0.159 e. The number of pyridine rings is 1. The van der Waals surface area contributed by atoms with Gasteiger partial charge in [-0.3, -0.25) is 0 Å². The van der Waals surface area contributed by atoms with E-state index in [0.717, 1.165) is 0 Å². The van der Waals surface area contributed by atoms with Crippen molar-refractivity contribution in [3.8, 4) is 17.5 Å². The van der Waals surface area contributed by atoms with E-state index in [1.165, 1.54) is 24.5 Å². The molecular weight excluding hydrogens is 335 g/mol. The summed E-state index contributed by atoms with van der Waals surface area (Å²) in [5.74, 6) is 0.882. The Morgan fingerprint density at radius 1 is 1.19 bits per heavy atom. The van der Waals surface area contributed by atoms with Crippen molar-refractivity contribution in [2.24, 2.45) is 0 Å². The third-order valence-electron chi connectivity index (χ3n) is 3.71. The van der Waals surface area contributed by atoms with Crippen LogP contribution in [0.4, 0.5) is 21.8 Å². The van der Waals surface area contributed by atoms with Crippen LogP contribution in [0.5, 0.6) is 0 Å². The predicted molar refractivity (Wildman–Crippen MR) is 93.7 cm³/mol. The second kappa shape index (κ2) is 6.10. The number of hydrogen-bond acceptors (Lipinski definition) is 7. The van der Waals surface area contributed by atoms with Crippen LogP contribution in [0.25, 0.3) is 22.4 Å². The highest BCUT2D eigenvalue weighted by atomic mass is 19.1. The minimum atomic E-state index is -0.533. The lowest BCUT2D eigenvalue weighted by Gasteiger charge is -2.04. The maximum atomic E-state index is 14.3. The number of benzene rings is 1. The maximum absolute atomic E-state index is 14.3. The molecule has 1 aromatic carbocycles. The van der Waals surface area contributed by atoms with Crippen LogP contribution < -0.4 is 11.1 Å². The number of nitrogens with one attached hydrogen (secondary N) is 2. The van der Waals surface area contributed by atoms with Crippen molar-refractivity contribution < 1.29 is 4.39 Å². The Morgan fingerprint density at radius 2 is 2.08 bits per heavy atom. The van der Waals surface area contributed by atoms with Crippen molar-refractivity contribution >= 4 is 28.5 Å². The number of nitriles is 1. The quantitative estimate of drug-likeness (QED) is 0.520. The van der Waals surface area contributed by atoms with Crippen LogP contribution in [-0.2, 0) is 0 Å². The summed E-state index contributed by atoms with van der Waals surface area (Å²) in [5, 5.41) is 12.3. The van der Waals surface area contributed by atoms with Crippen molar-refractivity contribution in [2.75, 3.05) is 11.1 Å². The van der Waals surface area contributed by atoms with Crippen LogP contribution in [0.15, 0.2) is 42.9 Å². The van der Waals surface area contributed by atoms with Gasteiger partial charge < -0.3 is 16.0 Å². The molecule has 0 radical (unpaired) electrons. The Balaban J connectivity index is 1.83. The van der Waals surface area contributed by atoms with Gasteiger partial charge in [0.15, 0.2) is 5.82 Å². The molecule has 8 nitrogen and oxygen atoms in total. The van der Waals surface area contributed by atoms with Gasteiger partial charge >= 0.3 is 0 Å². The number of aromatic amines is 1. The molecule has 0 aliphatic heterocycles. The molecule has 0 atom stereocenters. The Labute approximate surface area is 146 Å². The first-order valence-corrected chi connectivity index (χ1v) is 7.54. The fourth-order valence-electron chi connectivity index (χ4n) is 2.57. The first kappa shape index (κ1) is 15.5. The van der Waals surface area contributed by atoms with Crippen LogP contribution in [0.1, 0.15) is 5.56 Å². The van der Waals surface area contributed by atoms with Crippen LogP contribution in [0, 0.1) is 17.1 Å². The van der Waals surface area contributed by atoms with Gasteiger partial charge in [0, 0.05) is 12.3 Å². The number of nitrogens with zero attached hydrogens (tertiary/aromatic N) is 5. The van der Waals surface area contributed by atoms with Gasteiger partial charge in [0.1, 0.15) is 35.1 Å². The molecule has 4 aromatic rings. The summed E-state index contributed by atoms with van der Waals surface area (Å²) < 4.78 is 14.3. The number of aromatic nitrogens is 5. The van der Waals surface area contributed by atoms with Crippen molar-refractivity contribution in [1.29, 1.82) is 5.26 Å². The molecule has 126 valence electrons. The van der Waals surface area contributed by atoms with Crippen LogP contribution in [0.2, 0.25) is 0 Å². The molecule has 0 saturated carbocycles. The Morgan fingerprint density at radius 3 is 2.88 bits per heavy atom. The van der Waals surface area contributed by atoms with Crippen LogP contribution in [-0.4, -0.2) is 24.9 Å². The molecule has 0 aliphatic rings. The van der Waals surface area contributed by atoms with Gasteiger partial charge in [0.25, 0.3) is 0 Å². The molecule has 0 bridgehead atoms. The highest BCUT2D eigenvalue weighted by Crippen LogP contribution is 2.29. The SMILES string of the molecule is N#Cc1cccc(F)c1-c1nc2c(Nc3cc(N)ncn3)nccc2[nH]1. The topological polar surface area (TPSA) is 129 Å². The molecule has 0 unspecified atom stereocenters. The number of nitrogen functional groups attached to an aromatic ring is 1. The van der Waals surface area contributed by atoms with Crippen molar-refractivity contribution in [2.45, 2.75) is 0 Å². The summed E-state index contributed by atoms with van der Waals surface area (Å²) >= 11 is 0. The van der Waals surface area contributed by atoms with E-state index in [4.69, 9.17) is 5.73 Å². The molecule has 4 rings (SSSR count). The number of fused-ring (bicyclic) bond motifs is 1. The fourth-order valence-corrected chi connectivity index (χ4v) is 2.57. The predicted octanol–water partition coefficient (Wildman–Crippen LogP) is 2.75. The molecule has 0 amide bonds. The largest absolute Gasteiger partial charge is 0.384 e. The van der Waals surface area contributed by atoms with Gasteiger partial charge in [-0.2, -0.15) is 5.26 Å². The summed E-state index contributed by atoms with van der Waals surface area (Å²) in [6.45, 7) is 0. The monoisotopic (exact) mass is 346 g/mol. The number of hydrogen-bond donors (Lipinski definition) is 3. The first-order valence-electron chi connectivity index (χ1n) is 7.54. The van der Waals surface area contributed by atoms with E-state index in [-0.39, 0.29) is 17.0 Å². The van der Waals surface area contributed by atoms with Crippen LogP contribution >= 0.6 is 0 Å². The highest BCUT2D eigenvalue weighted by Gasteiger charge is 2.16. The van der Waals surface area contributed by atoms with Crippen molar-refractivity contribution in [3.05, 3.63) is 54.2 Å². The number of rotatable bonds is 3. The van der Waals surface area contributed by atoms with E-state index in [0.29, 0.717) is 28.5 Å². The molecule has 0 aliphatic carbocycles. The summed E-state index contributed by atoms with van der Waals surface area (Å²) in [7, 11) is 0. The van der Waals surface area contributed by atoms with Crippen molar-refractivity contribution in [1.82, 2.24) is 24.9 Å². The van der Waals surface area contributed by atoms with E-state index < -0.39 is 5.82 Å². The number of H-pyrrole nitrogens is 1. The molecule has 9 heteroatoms. The smallest absolute Gasteiger partial charge is 0.159 e. The molecule has 3 heterocycles. The zero-order valence-electron chi connectivity index (χ0n) is 13.2. The van der Waals surface area contributed by atoms with Gasteiger partial charge in [0.05, 0.1) is 22.7 Å². The van der Waals surface area contributed by atoms with Crippen LogP contribution in [0.3, 0.4) is 0 Å². The van der Waals surface area contributed by atoms with Gasteiger partial charge in [-0.05, 0) is 18.2 Å². The Hall–Kier alpha value is -4.06. The Kier molecular flexibility index (Phi) is 3.63. The summed E-state index contributed by atoms with van der Waals surface area (Å²) in [6, 6.07) is 9.54. The van der Waals surface area contributed by atoms with Gasteiger partial charge in [-0.15, -0.1) is 0 Å². The van der Waals surface area contributed by atoms with E-state index in [1.807, 2.05) is 6.07 Å². The normalized spacial score (nSPS) is 10.6. The summed E-state index contributed by atoms with van der Waals surface area (Å²) in [6.07, 6.45) is 2.90. The standard InChI is InChI=1S/C17H11FN8/c18-10-3-1-2-9(7-19)14(10)16-24-11-4-5-21-17(15(11)26-16)25-13-6-12(20)22-8-23-13/h1-6,8H,(H,24,26)(H3,20,21,22,23,25). The van der Waals surface area contributed by atoms with E-state index in [9.17, 15) is 9.65 Å². The van der Waals surface area contributed by atoms with Gasteiger partial charge in [-0.25, -0.2) is 24.3 Å². The molecule has 3 aromatic heterocycles. The number of imidazole rings is 1. The molecule has 0 spiro atoms. The number of halogens is 1. The first-order chi connectivity index (χ1) is 12.7. The summed E-state index contributed by atoms with van der Waals surface area (Å²) in [4.78, 5) is 19.6. The number of anilines is 3. The minimum Gasteiger partial charge on any atom is -0.384 e. The third kappa shape index (κ3) is 2.65. The zero-order chi connectivity index (χ0) is 18.1. The molecule has 0 saturated heterocycles. The zero-order valence-corrected chi connectivity index (χ0v) is 13.2. The van der Waals surface area contributed by atoms with E-state index in [1.54, 1.807) is 18.3 Å². The second-order valence-electron chi connectivity index (χ2n) is 5.37. The third-order valence-corrected chi connectivity index (χ3v) is 3.71. The average molecular weight is 346 g/mol. The van der Waals surface area contributed by atoms with E-state index in [2.05, 4.69) is 30.2 Å². The Bertz CT molecular complexity index is 1160. The average Bonchev–Trinajstić information content (AvgIpc) is 3.06. The lowest BCUT2D eigenvalue weighted by atomic mass is 10.1. The fraction of sp³-hybridized carbons (Fsp3) is 0. The molecule has 0 fully saturated rings. The van der Waals surface area contributed by atoms with Gasteiger partial charge in [0.2, 0.25) is 0 Å². The minimum absolute atomic E-state index is 0.114. The lowest BCUT2D eigenvalue weighted by Crippen LogP contribution is -1.99. The van der Waals surface area contributed by atoms with Gasteiger partial charge in [-0.1, -0.05) is 6.07 Å². The molecular formula is C17H11FN8. The molecule has 4 N–H and O–H groups in total. The summed E-state index contributed by atoms with van der Waals surface area (Å²) in [5.41, 5.74) is 7.06. The van der Waals surface area contributed by atoms with E-state index >= 15 is 0 Å². The highest BCUT2D eigenvalue weighted by molar-refractivity contribution is 5.90. The number of nitrogens with two attached hydrogens (primary N) is 1. The second-order valence-corrected chi connectivity index (χ2v) is 5.37.